The molecular formula is C9H8F4N2O2S. The molecular weight excluding hydrogens is 276 g/mol. The van der Waals surface area contributed by atoms with Gasteiger partial charge < -0.3 is 0 Å². The van der Waals surface area contributed by atoms with Gasteiger partial charge in [-0.1, -0.05) is 0 Å². The standard InChI is InChI=1S/C9H8F4N2O2S/c10-5-1-4-3-9(12,13)8(15-18(14,16)17)7(4)6(11)2-5/h1-2,8,15H,3H2,(H2,14,16,17)/t8-/m1/s1. The van der Waals surface area contributed by atoms with Crippen molar-refractivity contribution < 1.29 is 26.0 Å². The van der Waals surface area contributed by atoms with Crippen LogP contribution in [0.2, 0.25) is 0 Å². The quantitative estimate of drug-likeness (QED) is 0.795. The third kappa shape index (κ3) is 2.33. The Morgan fingerprint density at radius 2 is 1.94 bits per heavy atom. The number of rotatable bonds is 2. The molecule has 1 aliphatic rings. The second kappa shape index (κ2) is 3.90. The van der Waals surface area contributed by atoms with Crippen molar-refractivity contribution in [1.29, 1.82) is 0 Å². The second-order valence-corrected chi connectivity index (χ2v) is 5.32. The molecule has 4 nitrogen and oxygen atoms in total. The van der Waals surface area contributed by atoms with Crippen LogP contribution in [0.15, 0.2) is 12.1 Å². The fraction of sp³-hybridized carbons (Fsp3) is 0.333. The molecule has 1 aromatic carbocycles. The maximum atomic E-state index is 13.6. The van der Waals surface area contributed by atoms with Crippen molar-refractivity contribution in [2.24, 2.45) is 5.14 Å². The van der Waals surface area contributed by atoms with Crippen LogP contribution in [0, 0.1) is 11.6 Å². The monoisotopic (exact) mass is 284 g/mol. The van der Waals surface area contributed by atoms with Crippen molar-refractivity contribution >= 4 is 10.2 Å². The largest absolute Gasteiger partial charge is 0.275 e. The lowest BCUT2D eigenvalue weighted by atomic mass is 10.1. The summed E-state index contributed by atoms with van der Waals surface area (Å²) in [5.41, 5.74) is -0.853. The molecule has 0 aliphatic heterocycles. The molecule has 0 unspecified atom stereocenters. The van der Waals surface area contributed by atoms with Gasteiger partial charge in [0, 0.05) is 18.1 Å². The summed E-state index contributed by atoms with van der Waals surface area (Å²) in [6.07, 6.45) is -0.954. The van der Waals surface area contributed by atoms with Crippen LogP contribution in [-0.2, 0) is 16.6 Å². The molecule has 100 valence electrons. The fourth-order valence-electron chi connectivity index (χ4n) is 1.98. The predicted octanol–water partition coefficient (Wildman–Crippen LogP) is 0.990. The van der Waals surface area contributed by atoms with Gasteiger partial charge >= 0.3 is 0 Å². The Morgan fingerprint density at radius 1 is 1.33 bits per heavy atom. The number of fused-ring (bicyclic) bond motifs is 1. The highest BCUT2D eigenvalue weighted by Gasteiger charge is 2.50. The van der Waals surface area contributed by atoms with E-state index in [9.17, 15) is 26.0 Å². The van der Waals surface area contributed by atoms with Crippen molar-refractivity contribution in [3.05, 3.63) is 34.9 Å². The average molecular weight is 284 g/mol. The van der Waals surface area contributed by atoms with E-state index in [-0.39, 0.29) is 5.56 Å². The number of benzene rings is 1. The van der Waals surface area contributed by atoms with Gasteiger partial charge in [-0.15, -0.1) is 0 Å². The van der Waals surface area contributed by atoms with E-state index in [2.05, 4.69) is 5.14 Å². The summed E-state index contributed by atoms with van der Waals surface area (Å²) in [5, 5.41) is 4.60. The Kier molecular flexibility index (Phi) is 2.87. The smallest absolute Gasteiger partial charge is 0.216 e. The first-order valence-corrected chi connectivity index (χ1v) is 6.30. The maximum Gasteiger partial charge on any atom is 0.275 e. The third-order valence-corrected chi connectivity index (χ3v) is 3.16. The van der Waals surface area contributed by atoms with E-state index in [0.717, 1.165) is 6.07 Å². The fourth-order valence-corrected chi connectivity index (χ4v) is 2.60. The SMILES string of the molecule is NS(=O)(=O)N[C@@H]1c2c(F)cc(F)cc2CC1(F)F. The highest BCUT2D eigenvalue weighted by Crippen LogP contribution is 2.44. The minimum Gasteiger partial charge on any atom is -0.216 e. The van der Waals surface area contributed by atoms with E-state index in [0.29, 0.717) is 6.07 Å². The Hall–Kier alpha value is -1.19. The minimum atomic E-state index is -4.44. The van der Waals surface area contributed by atoms with E-state index in [4.69, 9.17) is 0 Å². The van der Waals surface area contributed by atoms with Gasteiger partial charge in [-0.2, -0.15) is 13.1 Å². The molecule has 1 aromatic rings. The highest BCUT2D eigenvalue weighted by molar-refractivity contribution is 7.87. The molecule has 1 atom stereocenters. The molecule has 0 saturated heterocycles. The van der Waals surface area contributed by atoms with Crippen molar-refractivity contribution in [3.8, 4) is 0 Å². The van der Waals surface area contributed by atoms with Crippen LogP contribution < -0.4 is 9.86 Å². The van der Waals surface area contributed by atoms with Crippen molar-refractivity contribution in [2.45, 2.75) is 18.4 Å². The van der Waals surface area contributed by atoms with Crippen LogP contribution in [0.25, 0.3) is 0 Å². The van der Waals surface area contributed by atoms with E-state index in [1.165, 1.54) is 4.72 Å². The molecule has 18 heavy (non-hydrogen) atoms. The lowest BCUT2D eigenvalue weighted by molar-refractivity contribution is -0.0193. The van der Waals surface area contributed by atoms with Gasteiger partial charge in [0.2, 0.25) is 0 Å². The first kappa shape index (κ1) is 13.2. The van der Waals surface area contributed by atoms with Crippen LogP contribution in [-0.4, -0.2) is 14.3 Å². The summed E-state index contributed by atoms with van der Waals surface area (Å²) < 4.78 is 76.6. The molecule has 0 fully saturated rings. The normalized spacial score (nSPS) is 21.9. The number of nitrogens with one attached hydrogen (secondary N) is 1. The van der Waals surface area contributed by atoms with E-state index < -0.39 is 45.8 Å². The zero-order chi connectivity index (χ0) is 13.7. The van der Waals surface area contributed by atoms with Gasteiger partial charge in [-0.3, -0.25) is 0 Å². The first-order chi connectivity index (χ1) is 8.10. The number of hydrogen-bond acceptors (Lipinski definition) is 2. The molecule has 1 aliphatic carbocycles. The highest BCUT2D eigenvalue weighted by atomic mass is 32.2. The molecule has 0 aromatic heterocycles. The Bertz CT molecular complexity index is 603. The molecule has 0 amide bonds. The lowest BCUT2D eigenvalue weighted by Crippen LogP contribution is -2.41. The maximum absolute atomic E-state index is 13.6. The van der Waals surface area contributed by atoms with Crippen molar-refractivity contribution in [1.82, 2.24) is 4.72 Å². The van der Waals surface area contributed by atoms with Crippen LogP contribution >= 0.6 is 0 Å². The number of halogens is 4. The molecule has 9 heteroatoms. The van der Waals surface area contributed by atoms with E-state index in [1.807, 2.05) is 0 Å². The summed E-state index contributed by atoms with van der Waals surface area (Å²) in [6, 6.07) is -0.960. The van der Waals surface area contributed by atoms with E-state index in [1.54, 1.807) is 0 Å². The first-order valence-electron chi connectivity index (χ1n) is 4.76. The Labute approximate surface area is 100.0 Å². The third-order valence-electron chi connectivity index (χ3n) is 2.60. The van der Waals surface area contributed by atoms with Gasteiger partial charge in [0.1, 0.15) is 17.7 Å². The zero-order valence-electron chi connectivity index (χ0n) is 8.75. The average Bonchev–Trinajstić information content (AvgIpc) is 2.34. The molecule has 0 radical (unpaired) electrons. The summed E-state index contributed by atoms with van der Waals surface area (Å²) in [4.78, 5) is 0. The Morgan fingerprint density at radius 3 is 2.50 bits per heavy atom. The second-order valence-electron chi connectivity index (χ2n) is 3.99. The summed E-state index contributed by atoms with van der Waals surface area (Å²) in [5.74, 6) is -5.80. The number of nitrogens with two attached hydrogens (primary N) is 1. The topological polar surface area (TPSA) is 72.2 Å². The summed E-state index contributed by atoms with van der Waals surface area (Å²) >= 11 is 0. The predicted molar refractivity (Wildman–Crippen MR) is 54.0 cm³/mol. The number of alkyl halides is 2. The number of hydrogen-bond donors (Lipinski definition) is 2. The van der Waals surface area contributed by atoms with Gasteiger partial charge in [-0.05, 0) is 11.6 Å². The summed E-state index contributed by atoms with van der Waals surface area (Å²) in [6.45, 7) is 0. The molecule has 3 N–H and O–H groups in total. The minimum absolute atomic E-state index is 0.279. The molecule has 0 heterocycles. The van der Waals surface area contributed by atoms with Crippen LogP contribution in [0.1, 0.15) is 17.2 Å². The van der Waals surface area contributed by atoms with Gasteiger partial charge in [0.15, 0.2) is 0 Å². The lowest BCUT2D eigenvalue weighted by Gasteiger charge is -2.20. The van der Waals surface area contributed by atoms with Crippen LogP contribution in [0.5, 0.6) is 0 Å². The molecule has 0 saturated carbocycles. The molecule has 0 bridgehead atoms. The van der Waals surface area contributed by atoms with Crippen molar-refractivity contribution in [2.75, 3.05) is 0 Å². The van der Waals surface area contributed by atoms with Crippen LogP contribution in [0.3, 0.4) is 0 Å². The zero-order valence-corrected chi connectivity index (χ0v) is 9.57. The van der Waals surface area contributed by atoms with Gasteiger partial charge in [0.05, 0.1) is 0 Å². The van der Waals surface area contributed by atoms with Crippen molar-refractivity contribution in [3.63, 3.8) is 0 Å². The van der Waals surface area contributed by atoms with E-state index >= 15 is 0 Å². The molecule has 0 spiro atoms. The molecule has 2 rings (SSSR count). The van der Waals surface area contributed by atoms with Gasteiger partial charge in [-0.25, -0.2) is 22.7 Å². The van der Waals surface area contributed by atoms with Gasteiger partial charge in [0.25, 0.3) is 16.1 Å². The van der Waals surface area contributed by atoms with Crippen LogP contribution in [0.4, 0.5) is 17.6 Å². The summed E-state index contributed by atoms with van der Waals surface area (Å²) in [7, 11) is -4.44. The Balaban J connectivity index is 2.55.